The van der Waals surface area contributed by atoms with Crippen molar-refractivity contribution < 1.29 is 91.4 Å². The normalized spacial score (nSPS) is 16.0. The monoisotopic (exact) mass is 696 g/mol. The van der Waals surface area contributed by atoms with Crippen LogP contribution in [0.2, 0.25) is 0 Å². The number of hydrogen-bond donors (Lipinski definition) is 0. The van der Waals surface area contributed by atoms with Gasteiger partial charge in [0, 0.05) is 16.4 Å². The molecule has 0 saturated carbocycles. The van der Waals surface area contributed by atoms with Crippen molar-refractivity contribution in [2.45, 2.75) is 65.7 Å². The minimum absolute atomic E-state index is 0.0367. The first-order valence-corrected chi connectivity index (χ1v) is 13.8. The number of benzene rings is 1. The van der Waals surface area contributed by atoms with Gasteiger partial charge in [-0.3, -0.25) is 0 Å². The second-order valence-corrected chi connectivity index (χ2v) is 13.3. The van der Waals surface area contributed by atoms with E-state index >= 15 is 0 Å². The Morgan fingerprint density at radius 1 is 0.571 bits per heavy atom. The van der Waals surface area contributed by atoms with Gasteiger partial charge >= 0.3 is 57.1 Å². The molecule has 0 heterocycles. The first-order chi connectivity index (χ1) is 18.4. The standard InChI is InChI=1S/C19H17F17O4S2/c1-4-41(5-2,11-8-6-10(39-3)7-9-11)40-42(37,38)19(35,36)17(30,31)15(26,27)13(22,23)12(20,21)14(24,25)16(28,29)18(32,33)34/h6-9H,4-5H2,1-3H3. The number of ether oxygens (including phenoxy) is 1. The van der Waals surface area contributed by atoms with Crippen LogP contribution in [0.25, 0.3) is 0 Å². The smallest absolute Gasteiger partial charge is 0.460 e. The second kappa shape index (κ2) is 10.9. The summed E-state index contributed by atoms with van der Waals surface area (Å²) in [7, 11) is -10.4. The van der Waals surface area contributed by atoms with E-state index in [-0.39, 0.29) is 5.75 Å². The van der Waals surface area contributed by atoms with E-state index in [1.165, 1.54) is 0 Å². The molecule has 0 aromatic heterocycles. The number of hydrogen-bond acceptors (Lipinski definition) is 4. The SMILES string of the molecule is CCS(CC)(OS(=O)(=O)C(F)(F)C(F)(F)C(F)(F)C(F)(F)C(F)(F)C(F)(F)C(F)(F)C(F)(F)F)c1ccc(OC)cc1. The molecule has 23 heteroatoms. The predicted molar refractivity (Wildman–Crippen MR) is 111 cm³/mol. The van der Waals surface area contributed by atoms with Crippen molar-refractivity contribution in [1.82, 2.24) is 0 Å². The van der Waals surface area contributed by atoms with E-state index in [4.69, 9.17) is 4.74 Å². The molecule has 0 atom stereocenters. The highest BCUT2D eigenvalue weighted by molar-refractivity contribution is 8.33. The lowest BCUT2D eigenvalue weighted by Gasteiger charge is -2.43. The van der Waals surface area contributed by atoms with Crippen LogP contribution in [0, 0.1) is 0 Å². The molecule has 0 spiro atoms. The van der Waals surface area contributed by atoms with Gasteiger partial charge in [0.1, 0.15) is 5.75 Å². The molecule has 0 aliphatic heterocycles. The zero-order valence-corrected chi connectivity index (χ0v) is 22.2. The summed E-state index contributed by atoms with van der Waals surface area (Å²) < 4.78 is 263. The summed E-state index contributed by atoms with van der Waals surface area (Å²) in [4.78, 5) is -0.395. The molecule has 0 aliphatic rings. The molecule has 4 nitrogen and oxygen atoms in total. The van der Waals surface area contributed by atoms with Crippen LogP contribution >= 0.6 is 10.3 Å². The molecule has 0 radical (unpaired) electrons. The van der Waals surface area contributed by atoms with E-state index < -0.39 is 83.8 Å². The summed E-state index contributed by atoms with van der Waals surface area (Å²) in [5.74, 6) is -53.4. The Bertz CT molecular complexity index is 1210. The Morgan fingerprint density at radius 3 is 1.21 bits per heavy atom. The third-order valence-corrected chi connectivity index (χ3v) is 11.3. The van der Waals surface area contributed by atoms with Crippen molar-refractivity contribution in [3.8, 4) is 5.75 Å². The summed E-state index contributed by atoms with van der Waals surface area (Å²) in [6.07, 6.45) is -7.90. The highest BCUT2D eigenvalue weighted by Gasteiger charge is 2.96. The van der Waals surface area contributed by atoms with Crippen molar-refractivity contribution in [3.05, 3.63) is 24.3 Å². The maximum absolute atomic E-state index is 14.5. The van der Waals surface area contributed by atoms with Crippen LogP contribution in [0.1, 0.15) is 13.8 Å². The highest BCUT2D eigenvalue weighted by atomic mass is 32.3. The van der Waals surface area contributed by atoms with Crippen molar-refractivity contribution >= 4 is 20.4 Å². The lowest BCUT2D eigenvalue weighted by atomic mass is 9.91. The van der Waals surface area contributed by atoms with E-state index in [9.17, 15) is 83.1 Å². The first-order valence-electron chi connectivity index (χ1n) is 10.5. The van der Waals surface area contributed by atoms with Gasteiger partial charge in [0.2, 0.25) is 0 Å². The molecule has 1 rings (SSSR count). The van der Waals surface area contributed by atoms with E-state index in [0.29, 0.717) is 0 Å². The van der Waals surface area contributed by atoms with Crippen LogP contribution in [-0.2, 0) is 13.7 Å². The Balaban J connectivity index is 3.79. The van der Waals surface area contributed by atoms with Gasteiger partial charge in [-0.05, 0) is 24.3 Å². The van der Waals surface area contributed by atoms with Crippen LogP contribution in [0.15, 0.2) is 29.2 Å². The molecule has 0 bridgehead atoms. The molecule has 42 heavy (non-hydrogen) atoms. The molecular weight excluding hydrogens is 679 g/mol. The average Bonchev–Trinajstić information content (AvgIpc) is 2.85. The summed E-state index contributed by atoms with van der Waals surface area (Å²) in [5, 5.41) is -7.74. The van der Waals surface area contributed by atoms with Crippen molar-refractivity contribution in [2.75, 3.05) is 18.6 Å². The van der Waals surface area contributed by atoms with Gasteiger partial charge in [0.25, 0.3) is 0 Å². The van der Waals surface area contributed by atoms with Crippen LogP contribution in [0.5, 0.6) is 5.75 Å². The molecule has 0 fully saturated rings. The van der Waals surface area contributed by atoms with Crippen LogP contribution in [0.3, 0.4) is 0 Å². The van der Waals surface area contributed by atoms with Gasteiger partial charge in [-0.25, -0.2) is 3.63 Å². The van der Waals surface area contributed by atoms with E-state index in [1.807, 2.05) is 0 Å². The number of halogens is 17. The first kappa shape index (κ1) is 38.1. The topological polar surface area (TPSA) is 52.6 Å². The lowest BCUT2D eigenvalue weighted by molar-refractivity contribution is -0.458. The average molecular weight is 696 g/mol. The highest BCUT2D eigenvalue weighted by Crippen LogP contribution is 2.66. The van der Waals surface area contributed by atoms with E-state index in [2.05, 4.69) is 3.63 Å². The van der Waals surface area contributed by atoms with Gasteiger partial charge in [0.05, 0.1) is 7.11 Å². The molecule has 0 saturated heterocycles. The fourth-order valence-electron chi connectivity index (χ4n) is 3.02. The van der Waals surface area contributed by atoms with E-state index in [1.54, 1.807) is 0 Å². The van der Waals surface area contributed by atoms with Gasteiger partial charge in [-0.1, -0.05) is 24.2 Å². The number of methoxy groups -OCH3 is 1. The largest absolute Gasteiger partial charge is 0.497 e. The number of rotatable bonds is 13. The number of alkyl halides is 17. The molecule has 1 aromatic rings. The minimum Gasteiger partial charge on any atom is -0.497 e. The molecule has 0 unspecified atom stereocenters. The Hall–Kier alpha value is -1.91. The Labute approximate surface area is 226 Å². The van der Waals surface area contributed by atoms with E-state index in [0.717, 1.165) is 45.2 Å². The summed E-state index contributed by atoms with van der Waals surface area (Å²) in [5.41, 5.74) is 0. The van der Waals surface area contributed by atoms with Gasteiger partial charge in [-0.2, -0.15) is 83.1 Å². The fourth-order valence-corrected chi connectivity index (χ4v) is 7.96. The zero-order chi connectivity index (χ0) is 33.8. The van der Waals surface area contributed by atoms with Crippen LogP contribution in [0.4, 0.5) is 74.6 Å². The summed E-state index contributed by atoms with van der Waals surface area (Å²) in [6, 6.07) is 3.91. The molecule has 0 aliphatic carbocycles. The summed E-state index contributed by atoms with van der Waals surface area (Å²) >= 11 is 0. The van der Waals surface area contributed by atoms with Crippen LogP contribution in [-0.4, -0.2) is 74.0 Å². The van der Waals surface area contributed by atoms with Gasteiger partial charge in [-0.15, -0.1) is 0 Å². The molecule has 248 valence electrons. The third kappa shape index (κ3) is 5.23. The van der Waals surface area contributed by atoms with Gasteiger partial charge in [0.15, 0.2) is 0 Å². The quantitative estimate of drug-likeness (QED) is 0.196. The third-order valence-electron chi connectivity index (χ3n) is 5.65. The molecular formula is C19H17F17O4S2. The Kier molecular flexibility index (Phi) is 9.90. The maximum Gasteiger partial charge on any atom is 0.460 e. The summed E-state index contributed by atoms with van der Waals surface area (Å²) in [6.45, 7) is 1.97. The molecule has 0 N–H and O–H groups in total. The maximum atomic E-state index is 14.5. The van der Waals surface area contributed by atoms with Gasteiger partial charge < -0.3 is 4.74 Å². The predicted octanol–water partition coefficient (Wildman–Crippen LogP) is 8.13. The van der Waals surface area contributed by atoms with Crippen molar-refractivity contribution in [1.29, 1.82) is 0 Å². The fraction of sp³-hybridized carbons (Fsp3) is 0.684. The second-order valence-electron chi connectivity index (χ2n) is 8.05. The van der Waals surface area contributed by atoms with Crippen molar-refractivity contribution in [3.63, 3.8) is 0 Å². The van der Waals surface area contributed by atoms with Crippen molar-refractivity contribution in [2.24, 2.45) is 0 Å². The molecule has 1 aromatic carbocycles. The minimum atomic E-state index is -8.91. The molecule has 0 amide bonds. The lowest BCUT2D eigenvalue weighted by Crippen LogP contribution is -2.75. The zero-order valence-electron chi connectivity index (χ0n) is 20.6. The van der Waals surface area contributed by atoms with Crippen LogP contribution < -0.4 is 4.74 Å². The Morgan fingerprint density at radius 2 is 0.905 bits per heavy atom.